The van der Waals surface area contributed by atoms with Gasteiger partial charge >= 0.3 is 6.09 Å². The van der Waals surface area contributed by atoms with Gasteiger partial charge in [0, 0.05) is 19.3 Å². The minimum atomic E-state index is -0.584. The number of aldehydes is 1. The second-order valence-electron chi connectivity index (χ2n) is 7.31. The van der Waals surface area contributed by atoms with Gasteiger partial charge < -0.3 is 15.0 Å². The number of pyridine rings is 1. The third-order valence-corrected chi connectivity index (χ3v) is 4.19. The summed E-state index contributed by atoms with van der Waals surface area (Å²) in [6.45, 7) is 5.99. The molecule has 0 saturated carbocycles. The van der Waals surface area contributed by atoms with Crippen molar-refractivity contribution >= 4 is 29.9 Å². The topological polar surface area (TPSA) is 106 Å². The molecule has 1 fully saturated rings. The lowest BCUT2D eigenvalue weighted by Gasteiger charge is -2.39. The number of aromatic nitrogens is 3. The summed E-state index contributed by atoms with van der Waals surface area (Å²) in [6, 6.07) is 4.80. The van der Waals surface area contributed by atoms with E-state index in [4.69, 9.17) is 16.3 Å². The molecule has 0 aliphatic carbocycles. The fourth-order valence-electron chi connectivity index (χ4n) is 2.70. The quantitative estimate of drug-likeness (QED) is 0.780. The fourth-order valence-corrected chi connectivity index (χ4v) is 2.96. The smallest absolute Gasteiger partial charge is 0.410 e. The van der Waals surface area contributed by atoms with Crippen LogP contribution in [0.5, 0.6) is 0 Å². The van der Waals surface area contributed by atoms with Gasteiger partial charge in [-0.1, -0.05) is 17.7 Å². The number of carbonyl (C=O) groups is 3. The summed E-state index contributed by atoms with van der Waals surface area (Å²) in [5.74, 6) is -0.193. The molecule has 0 spiro atoms. The molecule has 148 valence electrons. The van der Waals surface area contributed by atoms with Crippen molar-refractivity contribution in [2.75, 3.05) is 13.1 Å². The molecule has 1 aliphatic rings. The number of amides is 2. The molecule has 9 nitrogen and oxygen atoms in total. The second-order valence-corrected chi connectivity index (χ2v) is 7.66. The number of hydrogen-bond donors (Lipinski definition) is 1. The van der Waals surface area contributed by atoms with Crippen LogP contribution in [0, 0.1) is 0 Å². The molecular formula is C18H20ClN5O4. The zero-order chi connectivity index (χ0) is 20.5. The SMILES string of the molecule is CC(C)(C)OC(=O)N1CC(NC(=O)c2c(Cl)nc(C=O)n2-c2ccccn2)C1. The maximum absolute atomic E-state index is 12.8. The third-order valence-electron chi connectivity index (χ3n) is 3.93. The van der Waals surface area contributed by atoms with E-state index in [9.17, 15) is 14.4 Å². The molecule has 0 aromatic carbocycles. The molecule has 2 aromatic heterocycles. The highest BCUT2D eigenvalue weighted by Gasteiger charge is 2.36. The molecule has 3 rings (SSSR count). The van der Waals surface area contributed by atoms with E-state index in [1.54, 1.807) is 39.0 Å². The van der Waals surface area contributed by atoms with Crippen LogP contribution in [0.25, 0.3) is 5.82 Å². The molecule has 10 heteroatoms. The molecule has 0 atom stereocenters. The number of hydrogen-bond acceptors (Lipinski definition) is 6. The standard InChI is InChI=1S/C18H20ClN5O4/c1-18(2,3)28-17(27)23-8-11(9-23)21-16(26)14-15(19)22-13(10-25)24(14)12-6-4-5-7-20-12/h4-7,10-11H,8-9H2,1-3H3,(H,21,26). The maximum atomic E-state index is 12.8. The summed E-state index contributed by atoms with van der Waals surface area (Å²) in [7, 11) is 0. The Morgan fingerprint density at radius 3 is 2.61 bits per heavy atom. The normalized spacial score (nSPS) is 14.4. The van der Waals surface area contributed by atoms with Crippen LogP contribution in [0.4, 0.5) is 4.79 Å². The van der Waals surface area contributed by atoms with Gasteiger partial charge in [-0.05, 0) is 32.9 Å². The van der Waals surface area contributed by atoms with Crippen molar-refractivity contribution < 1.29 is 19.1 Å². The van der Waals surface area contributed by atoms with Crippen LogP contribution in [0.3, 0.4) is 0 Å². The van der Waals surface area contributed by atoms with Crippen LogP contribution < -0.4 is 5.32 Å². The summed E-state index contributed by atoms with van der Waals surface area (Å²) in [5, 5.41) is 2.69. The number of nitrogens with zero attached hydrogens (tertiary/aromatic N) is 4. The zero-order valence-electron chi connectivity index (χ0n) is 15.7. The van der Waals surface area contributed by atoms with Gasteiger partial charge in [0.1, 0.15) is 11.4 Å². The lowest BCUT2D eigenvalue weighted by molar-refractivity contribution is 0.00529. The Labute approximate surface area is 166 Å². The Morgan fingerprint density at radius 2 is 2.04 bits per heavy atom. The summed E-state index contributed by atoms with van der Waals surface area (Å²) in [6.07, 6.45) is 1.60. The molecule has 2 amide bonds. The monoisotopic (exact) mass is 405 g/mol. The average Bonchev–Trinajstić information content (AvgIpc) is 2.93. The summed E-state index contributed by atoms with van der Waals surface area (Å²) >= 11 is 6.11. The van der Waals surface area contributed by atoms with Crippen LogP contribution >= 0.6 is 11.6 Å². The molecule has 28 heavy (non-hydrogen) atoms. The van der Waals surface area contributed by atoms with Crippen molar-refractivity contribution in [3.63, 3.8) is 0 Å². The Kier molecular flexibility index (Phi) is 5.37. The van der Waals surface area contributed by atoms with E-state index in [1.807, 2.05) is 0 Å². The Bertz CT molecular complexity index is 901. The molecule has 0 bridgehead atoms. The predicted molar refractivity (Wildman–Crippen MR) is 101 cm³/mol. The summed E-state index contributed by atoms with van der Waals surface area (Å²) < 4.78 is 6.59. The summed E-state index contributed by atoms with van der Waals surface area (Å²) in [4.78, 5) is 45.7. The molecule has 3 heterocycles. The molecule has 1 N–H and O–H groups in total. The first-order valence-corrected chi connectivity index (χ1v) is 9.01. The first-order valence-electron chi connectivity index (χ1n) is 8.63. The number of ether oxygens (including phenoxy) is 1. The number of likely N-dealkylation sites (tertiary alicyclic amines) is 1. The fraction of sp³-hybridized carbons (Fsp3) is 0.389. The predicted octanol–water partition coefficient (Wildman–Crippen LogP) is 2.08. The van der Waals surface area contributed by atoms with Gasteiger partial charge in [-0.25, -0.2) is 14.8 Å². The first-order chi connectivity index (χ1) is 13.2. The maximum Gasteiger partial charge on any atom is 0.410 e. The van der Waals surface area contributed by atoms with E-state index >= 15 is 0 Å². The van der Waals surface area contributed by atoms with E-state index < -0.39 is 17.6 Å². The van der Waals surface area contributed by atoms with Gasteiger partial charge in [-0.3, -0.25) is 14.2 Å². The van der Waals surface area contributed by atoms with E-state index in [0.717, 1.165) is 0 Å². The lowest BCUT2D eigenvalue weighted by Crippen LogP contribution is -2.61. The molecular weight excluding hydrogens is 386 g/mol. The highest BCUT2D eigenvalue weighted by Crippen LogP contribution is 2.22. The van der Waals surface area contributed by atoms with Crippen LogP contribution in [-0.4, -0.2) is 62.5 Å². The molecule has 0 radical (unpaired) electrons. The van der Waals surface area contributed by atoms with Crippen LogP contribution in [0.2, 0.25) is 5.15 Å². The van der Waals surface area contributed by atoms with E-state index in [2.05, 4.69) is 15.3 Å². The molecule has 1 saturated heterocycles. The molecule has 1 aliphatic heterocycles. The van der Waals surface area contributed by atoms with Crippen molar-refractivity contribution in [1.82, 2.24) is 24.8 Å². The number of halogens is 1. The van der Waals surface area contributed by atoms with E-state index in [1.165, 1.54) is 15.7 Å². The van der Waals surface area contributed by atoms with Crippen molar-refractivity contribution in [3.8, 4) is 5.82 Å². The van der Waals surface area contributed by atoms with Crippen LogP contribution in [0.15, 0.2) is 24.4 Å². The zero-order valence-corrected chi connectivity index (χ0v) is 16.4. The molecule has 2 aromatic rings. The second kappa shape index (κ2) is 7.59. The Hall–Kier alpha value is -2.94. The van der Waals surface area contributed by atoms with Crippen LogP contribution in [-0.2, 0) is 4.74 Å². The first kappa shape index (κ1) is 19.8. The van der Waals surface area contributed by atoms with E-state index in [0.29, 0.717) is 25.2 Å². The average molecular weight is 406 g/mol. The lowest BCUT2D eigenvalue weighted by atomic mass is 10.1. The van der Waals surface area contributed by atoms with Crippen molar-refractivity contribution in [2.45, 2.75) is 32.4 Å². The highest BCUT2D eigenvalue weighted by atomic mass is 35.5. The minimum absolute atomic E-state index is 0.0122. The van der Waals surface area contributed by atoms with Crippen molar-refractivity contribution in [3.05, 3.63) is 41.1 Å². The third kappa shape index (κ3) is 4.14. The Balaban J connectivity index is 1.72. The molecule has 0 unspecified atom stereocenters. The van der Waals surface area contributed by atoms with Crippen molar-refractivity contribution in [2.24, 2.45) is 0 Å². The van der Waals surface area contributed by atoms with Gasteiger partial charge in [0.25, 0.3) is 5.91 Å². The minimum Gasteiger partial charge on any atom is -0.444 e. The number of imidazole rings is 1. The largest absolute Gasteiger partial charge is 0.444 e. The van der Waals surface area contributed by atoms with Crippen molar-refractivity contribution in [1.29, 1.82) is 0 Å². The number of carbonyl (C=O) groups excluding carboxylic acids is 3. The number of rotatable bonds is 4. The highest BCUT2D eigenvalue weighted by molar-refractivity contribution is 6.32. The van der Waals surface area contributed by atoms with Crippen LogP contribution in [0.1, 0.15) is 41.9 Å². The summed E-state index contributed by atoms with van der Waals surface area (Å²) in [5.41, 5.74) is -0.572. The van der Waals surface area contributed by atoms with Gasteiger partial charge in [0.15, 0.2) is 23.0 Å². The Morgan fingerprint density at radius 1 is 1.32 bits per heavy atom. The van der Waals surface area contributed by atoms with Gasteiger partial charge in [-0.15, -0.1) is 0 Å². The number of nitrogens with one attached hydrogen (secondary N) is 1. The van der Waals surface area contributed by atoms with Gasteiger partial charge in [-0.2, -0.15) is 0 Å². The van der Waals surface area contributed by atoms with E-state index in [-0.39, 0.29) is 22.7 Å². The van der Waals surface area contributed by atoms with Gasteiger partial charge in [0.2, 0.25) is 0 Å². The van der Waals surface area contributed by atoms with Gasteiger partial charge in [0.05, 0.1) is 6.04 Å².